The zero-order valence-corrected chi connectivity index (χ0v) is 10.7. The molecular weight excluding hydrogens is 180 g/mol. The molecule has 1 unspecified atom stereocenters. The van der Waals surface area contributed by atoms with Gasteiger partial charge in [-0.15, -0.1) is 0 Å². The highest BCUT2D eigenvalue weighted by Gasteiger charge is 2.19. The summed E-state index contributed by atoms with van der Waals surface area (Å²) in [6.45, 7) is 13.3. The molecule has 0 aromatic rings. The maximum atomic E-state index is 5.83. The number of hydrogen-bond acceptors (Lipinski definition) is 2. The fraction of sp³-hybridized carbons (Fsp3) is 0.800. The third-order valence-electron chi connectivity index (χ3n) is 1.27. The van der Waals surface area contributed by atoms with Gasteiger partial charge in [0, 0.05) is 6.61 Å². The molecule has 0 aliphatic carbocycles. The van der Waals surface area contributed by atoms with Crippen molar-refractivity contribution in [1.82, 2.24) is 0 Å². The van der Waals surface area contributed by atoms with Gasteiger partial charge in [0.15, 0.2) is 14.6 Å². The lowest BCUT2D eigenvalue weighted by Gasteiger charge is -2.24. The molecule has 3 heteroatoms. The molecule has 0 fully saturated rings. The first kappa shape index (κ1) is 12.9. The van der Waals surface area contributed by atoms with Gasteiger partial charge in [-0.2, -0.15) is 0 Å². The molecule has 13 heavy (non-hydrogen) atoms. The van der Waals surface area contributed by atoms with Crippen LogP contribution in [0.5, 0.6) is 0 Å². The van der Waals surface area contributed by atoms with Gasteiger partial charge >= 0.3 is 0 Å². The largest absolute Gasteiger partial charge is 0.390 e. The molecule has 0 radical (unpaired) electrons. The second kappa shape index (κ2) is 5.57. The van der Waals surface area contributed by atoms with Crippen LogP contribution < -0.4 is 0 Å². The minimum atomic E-state index is -1.49. The molecule has 2 nitrogen and oxygen atoms in total. The molecular formula is C10H22O2Si. The smallest absolute Gasteiger partial charge is 0.187 e. The minimum absolute atomic E-state index is 0.151. The molecule has 0 saturated carbocycles. The van der Waals surface area contributed by atoms with Gasteiger partial charge in [0.25, 0.3) is 0 Å². The lowest BCUT2D eigenvalue weighted by Crippen LogP contribution is -2.32. The third-order valence-corrected chi connectivity index (χ3v) is 2.21. The predicted octanol–water partition coefficient (Wildman–Crippen LogP) is 3.17. The summed E-state index contributed by atoms with van der Waals surface area (Å²) in [5, 5.41) is 0. The topological polar surface area (TPSA) is 18.5 Å². The molecule has 0 saturated heterocycles. The maximum absolute atomic E-state index is 5.83. The SMILES string of the molecule is CCOC(C=C(C)C)O[Si](C)(C)C. The Kier molecular flexibility index (Phi) is 5.52. The average Bonchev–Trinajstić information content (AvgIpc) is 1.81. The average molecular weight is 202 g/mol. The highest BCUT2D eigenvalue weighted by Crippen LogP contribution is 2.11. The van der Waals surface area contributed by atoms with E-state index in [1.807, 2.05) is 13.0 Å². The molecule has 0 rings (SSSR count). The van der Waals surface area contributed by atoms with Gasteiger partial charge in [-0.25, -0.2) is 0 Å². The standard InChI is InChI=1S/C10H22O2Si/c1-7-11-10(8-9(2)3)12-13(4,5)6/h8,10H,7H2,1-6H3. The van der Waals surface area contributed by atoms with Gasteiger partial charge < -0.3 is 9.16 Å². The maximum Gasteiger partial charge on any atom is 0.187 e. The summed E-state index contributed by atoms with van der Waals surface area (Å²) in [5.74, 6) is 0. The Bertz CT molecular complexity index is 166. The van der Waals surface area contributed by atoms with Crippen molar-refractivity contribution in [3.05, 3.63) is 11.6 Å². The van der Waals surface area contributed by atoms with Crippen molar-refractivity contribution < 1.29 is 9.16 Å². The fourth-order valence-electron chi connectivity index (χ4n) is 0.901. The van der Waals surface area contributed by atoms with Crippen LogP contribution in [0, 0.1) is 0 Å². The van der Waals surface area contributed by atoms with Crippen LogP contribution in [-0.4, -0.2) is 21.2 Å². The van der Waals surface area contributed by atoms with E-state index in [2.05, 4.69) is 33.5 Å². The van der Waals surface area contributed by atoms with Gasteiger partial charge in [0.1, 0.15) is 0 Å². The molecule has 0 amide bonds. The van der Waals surface area contributed by atoms with Crippen molar-refractivity contribution in [2.24, 2.45) is 0 Å². The van der Waals surface area contributed by atoms with E-state index in [0.717, 1.165) is 0 Å². The Morgan fingerprint density at radius 2 is 1.85 bits per heavy atom. The van der Waals surface area contributed by atoms with E-state index in [-0.39, 0.29) is 6.29 Å². The number of rotatable bonds is 5. The van der Waals surface area contributed by atoms with Crippen molar-refractivity contribution in [2.45, 2.75) is 46.7 Å². The molecule has 0 aliphatic rings. The summed E-state index contributed by atoms with van der Waals surface area (Å²) in [4.78, 5) is 0. The molecule has 78 valence electrons. The fourth-order valence-corrected chi connectivity index (χ4v) is 1.73. The number of ether oxygens (including phenoxy) is 1. The quantitative estimate of drug-likeness (QED) is 0.387. The molecule has 0 aromatic carbocycles. The molecule has 0 heterocycles. The van der Waals surface area contributed by atoms with E-state index in [0.29, 0.717) is 6.61 Å². The molecule has 1 atom stereocenters. The normalized spacial score (nSPS) is 14.0. The van der Waals surface area contributed by atoms with Crippen LogP contribution in [0.4, 0.5) is 0 Å². The van der Waals surface area contributed by atoms with E-state index in [9.17, 15) is 0 Å². The van der Waals surface area contributed by atoms with Crippen LogP contribution in [0.25, 0.3) is 0 Å². The van der Waals surface area contributed by atoms with Crippen LogP contribution in [-0.2, 0) is 9.16 Å². The summed E-state index contributed by atoms with van der Waals surface area (Å²) in [6, 6.07) is 0. The first-order valence-corrected chi connectivity index (χ1v) is 8.20. The van der Waals surface area contributed by atoms with Crippen LogP contribution in [0.1, 0.15) is 20.8 Å². The van der Waals surface area contributed by atoms with Gasteiger partial charge in [0.2, 0.25) is 0 Å². The van der Waals surface area contributed by atoms with E-state index >= 15 is 0 Å². The minimum Gasteiger partial charge on any atom is -0.390 e. The Hall–Kier alpha value is -0.123. The summed E-state index contributed by atoms with van der Waals surface area (Å²) in [5.41, 5.74) is 1.23. The number of hydrogen-bond donors (Lipinski definition) is 0. The first-order valence-electron chi connectivity index (χ1n) is 4.79. The highest BCUT2D eigenvalue weighted by atomic mass is 28.4. The zero-order valence-electron chi connectivity index (χ0n) is 9.68. The Morgan fingerprint density at radius 1 is 1.31 bits per heavy atom. The van der Waals surface area contributed by atoms with E-state index in [4.69, 9.17) is 9.16 Å². The first-order chi connectivity index (χ1) is 5.85. The monoisotopic (exact) mass is 202 g/mol. The van der Waals surface area contributed by atoms with Crippen molar-refractivity contribution in [3.63, 3.8) is 0 Å². The summed E-state index contributed by atoms with van der Waals surface area (Å²) < 4.78 is 11.3. The lowest BCUT2D eigenvalue weighted by atomic mass is 10.3. The van der Waals surface area contributed by atoms with Crippen molar-refractivity contribution in [3.8, 4) is 0 Å². The molecule has 0 aliphatic heterocycles. The lowest BCUT2D eigenvalue weighted by molar-refractivity contribution is -0.0460. The highest BCUT2D eigenvalue weighted by molar-refractivity contribution is 6.69. The summed E-state index contributed by atoms with van der Waals surface area (Å²) in [7, 11) is -1.49. The summed E-state index contributed by atoms with van der Waals surface area (Å²) in [6.07, 6.45) is 1.88. The zero-order chi connectivity index (χ0) is 10.5. The van der Waals surface area contributed by atoms with Crippen molar-refractivity contribution in [2.75, 3.05) is 6.61 Å². The van der Waals surface area contributed by atoms with Gasteiger partial charge in [-0.1, -0.05) is 5.57 Å². The third kappa shape index (κ3) is 8.21. The van der Waals surface area contributed by atoms with E-state index < -0.39 is 8.32 Å². The summed E-state index contributed by atoms with van der Waals surface area (Å²) >= 11 is 0. The molecule has 0 N–H and O–H groups in total. The Balaban J connectivity index is 4.18. The van der Waals surface area contributed by atoms with E-state index in [1.54, 1.807) is 0 Å². The Labute approximate surface area is 83.1 Å². The molecule has 0 aromatic heterocycles. The van der Waals surface area contributed by atoms with Crippen molar-refractivity contribution >= 4 is 8.32 Å². The second-order valence-corrected chi connectivity index (χ2v) is 8.76. The second-order valence-electron chi connectivity index (χ2n) is 4.30. The predicted molar refractivity (Wildman–Crippen MR) is 59.3 cm³/mol. The van der Waals surface area contributed by atoms with Gasteiger partial charge in [-0.05, 0) is 46.5 Å². The number of allylic oxidation sites excluding steroid dienone is 1. The molecule has 0 spiro atoms. The van der Waals surface area contributed by atoms with Gasteiger partial charge in [-0.3, -0.25) is 0 Å². The van der Waals surface area contributed by atoms with Crippen molar-refractivity contribution in [1.29, 1.82) is 0 Å². The van der Waals surface area contributed by atoms with Gasteiger partial charge in [0.05, 0.1) is 0 Å². The van der Waals surface area contributed by atoms with Crippen LogP contribution >= 0.6 is 0 Å². The molecule has 0 bridgehead atoms. The van der Waals surface area contributed by atoms with E-state index in [1.165, 1.54) is 5.57 Å². The van der Waals surface area contributed by atoms with Crippen LogP contribution in [0.3, 0.4) is 0 Å². The van der Waals surface area contributed by atoms with Crippen LogP contribution in [0.15, 0.2) is 11.6 Å². The van der Waals surface area contributed by atoms with Crippen LogP contribution in [0.2, 0.25) is 19.6 Å². The Morgan fingerprint density at radius 3 is 2.15 bits per heavy atom.